The molecule has 0 aliphatic carbocycles. The summed E-state index contributed by atoms with van der Waals surface area (Å²) in [5.41, 5.74) is 4.89. The fraction of sp³-hybridized carbons (Fsp3) is 0.269. The van der Waals surface area contributed by atoms with E-state index in [0.29, 0.717) is 42.3 Å². The minimum atomic E-state index is -0.623. The Morgan fingerprint density at radius 1 is 1.12 bits per heavy atom. The van der Waals surface area contributed by atoms with E-state index < -0.39 is 6.10 Å². The first kappa shape index (κ1) is 22.2. The first-order chi connectivity index (χ1) is 15.4. The molecule has 3 aromatic carbocycles. The number of anilines is 2. The Balaban J connectivity index is 1.50. The molecule has 1 aliphatic heterocycles. The quantitative estimate of drug-likeness (QED) is 0.476. The molecule has 0 bridgehead atoms. The molecule has 3 aromatic rings. The van der Waals surface area contributed by atoms with Crippen molar-refractivity contribution in [3.63, 3.8) is 0 Å². The van der Waals surface area contributed by atoms with E-state index in [9.17, 15) is 9.90 Å². The Bertz CT molecular complexity index is 1130. The van der Waals surface area contributed by atoms with Gasteiger partial charge in [0.15, 0.2) is 6.73 Å². The summed E-state index contributed by atoms with van der Waals surface area (Å²) < 4.78 is 5.81. The Morgan fingerprint density at radius 3 is 2.72 bits per heavy atom. The Labute approximate surface area is 193 Å². The predicted octanol–water partition coefficient (Wildman–Crippen LogP) is 5.88. The third-order valence-corrected chi connectivity index (χ3v) is 6.03. The molecule has 6 heteroatoms. The average Bonchev–Trinajstić information content (AvgIpc) is 2.93. The van der Waals surface area contributed by atoms with Crippen LogP contribution in [0, 0.1) is 13.8 Å². The molecule has 0 aromatic heterocycles. The van der Waals surface area contributed by atoms with Gasteiger partial charge < -0.3 is 20.1 Å². The smallest absolute Gasteiger partial charge is 0.258 e. The molecule has 0 saturated heterocycles. The van der Waals surface area contributed by atoms with Crippen LogP contribution in [0.15, 0.2) is 60.7 Å². The van der Waals surface area contributed by atoms with Crippen LogP contribution in [-0.2, 0) is 0 Å². The molecule has 32 heavy (non-hydrogen) atoms. The Hall–Kier alpha value is -3.02. The molecule has 1 heterocycles. The highest BCUT2D eigenvalue weighted by Gasteiger charge is 2.27. The topological polar surface area (TPSA) is 61.8 Å². The average molecular weight is 451 g/mol. The van der Waals surface area contributed by atoms with Crippen molar-refractivity contribution in [2.24, 2.45) is 0 Å². The van der Waals surface area contributed by atoms with Gasteiger partial charge in [-0.1, -0.05) is 29.8 Å². The van der Waals surface area contributed by atoms with Crippen molar-refractivity contribution in [2.75, 3.05) is 23.5 Å². The zero-order valence-corrected chi connectivity index (χ0v) is 19.0. The lowest BCUT2D eigenvalue weighted by molar-refractivity contribution is 0.0986. The summed E-state index contributed by atoms with van der Waals surface area (Å²) in [6, 6.07) is 18.9. The number of carbonyl (C=O) groups is 1. The molecule has 5 nitrogen and oxygen atoms in total. The van der Waals surface area contributed by atoms with E-state index in [2.05, 4.69) is 5.32 Å². The number of hydrogen-bond acceptors (Lipinski definition) is 4. The van der Waals surface area contributed by atoms with Crippen LogP contribution >= 0.6 is 11.6 Å². The maximum Gasteiger partial charge on any atom is 0.258 e. The number of benzene rings is 3. The first-order valence-corrected chi connectivity index (χ1v) is 11.1. The second-order valence-electron chi connectivity index (χ2n) is 8.08. The standard InChI is InChI=1S/C26H27ClN2O3/c1-17-6-3-4-8-25(17)32-16-28-20-10-11-21(18(2)14-20)26(31)29-13-5-7-24(30)22-15-19(27)9-12-23(22)29/h3-4,6,8-12,14-15,24,28,30H,5,7,13,16H2,1-2H3. The van der Waals surface area contributed by atoms with Crippen LogP contribution in [0.4, 0.5) is 11.4 Å². The van der Waals surface area contributed by atoms with Gasteiger partial charge in [0.05, 0.1) is 6.10 Å². The van der Waals surface area contributed by atoms with Crippen molar-refractivity contribution in [3.8, 4) is 5.75 Å². The number of ether oxygens (including phenoxy) is 1. The summed E-state index contributed by atoms with van der Waals surface area (Å²) >= 11 is 6.14. The molecular weight excluding hydrogens is 424 g/mol. The number of aryl methyl sites for hydroxylation is 2. The van der Waals surface area contributed by atoms with Gasteiger partial charge >= 0.3 is 0 Å². The molecule has 1 atom stereocenters. The maximum absolute atomic E-state index is 13.4. The number of para-hydroxylation sites is 1. The lowest BCUT2D eigenvalue weighted by atomic mass is 10.0. The summed E-state index contributed by atoms with van der Waals surface area (Å²) in [5, 5.41) is 14.3. The fourth-order valence-corrected chi connectivity index (χ4v) is 4.22. The van der Waals surface area contributed by atoms with Crippen LogP contribution in [0.1, 0.15) is 46.0 Å². The van der Waals surface area contributed by atoms with Crippen molar-refractivity contribution < 1.29 is 14.6 Å². The van der Waals surface area contributed by atoms with Crippen molar-refractivity contribution in [1.29, 1.82) is 0 Å². The van der Waals surface area contributed by atoms with Crippen LogP contribution in [0.25, 0.3) is 0 Å². The third-order valence-electron chi connectivity index (χ3n) is 5.80. The van der Waals surface area contributed by atoms with E-state index in [1.165, 1.54) is 0 Å². The monoisotopic (exact) mass is 450 g/mol. The molecule has 1 amide bonds. The zero-order valence-electron chi connectivity index (χ0n) is 18.3. The van der Waals surface area contributed by atoms with Crippen molar-refractivity contribution >= 4 is 28.9 Å². The van der Waals surface area contributed by atoms with Crippen molar-refractivity contribution in [1.82, 2.24) is 0 Å². The van der Waals surface area contributed by atoms with E-state index in [0.717, 1.165) is 28.3 Å². The van der Waals surface area contributed by atoms with Gasteiger partial charge in [-0.15, -0.1) is 0 Å². The molecule has 0 fully saturated rings. The maximum atomic E-state index is 13.4. The van der Waals surface area contributed by atoms with Crippen LogP contribution in [0.2, 0.25) is 5.02 Å². The normalized spacial score (nSPS) is 15.6. The zero-order chi connectivity index (χ0) is 22.7. The lowest BCUT2D eigenvalue weighted by Gasteiger charge is -2.24. The number of hydrogen-bond donors (Lipinski definition) is 2. The highest BCUT2D eigenvalue weighted by molar-refractivity contribution is 6.30. The lowest BCUT2D eigenvalue weighted by Crippen LogP contribution is -2.32. The molecule has 1 unspecified atom stereocenters. The summed E-state index contributed by atoms with van der Waals surface area (Å²) in [6.45, 7) is 4.81. The van der Waals surface area contributed by atoms with Crippen LogP contribution in [0.3, 0.4) is 0 Å². The minimum absolute atomic E-state index is 0.0807. The van der Waals surface area contributed by atoms with Gasteiger partial charge in [0.1, 0.15) is 5.75 Å². The number of rotatable bonds is 5. The Morgan fingerprint density at radius 2 is 1.94 bits per heavy atom. The molecule has 0 radical (unpaired) electrons. The highest BCUT2D eigenvalue weighted by Crippen LogP contribution is 2.36. The molecular formula is C26H27ClN2O3. The second kappa shape index (κ2) is 9.63. The van der Waals surface area contributed by atoms with Crippen LogP contribution in [0.5, 0.6) is 5.75 Å². The van der Waals surface area contributed by atoms with E-state index >= 15 is 0 Å². The number of halogens is 1. The van der Waals surface area contributed by atoms with E-state index in [1.54, 1.807) is 17.0 Å². The molecule has 166 valence electrons. The third kappa shape index (κ3) is 4.74. The molecule has 0 saturated carbocycles. The first-order valence-electron chi connectivity index (χ1n) is 10.8. The fourth-order valence-electron chi connectivity index (χ4n) is 4.04. The summed E-state index contributed by atoms with van der Waals surface area (Å²) in [7, 11) is 0. The van der Waals surface area contributed by atoms with Crippen LogP contribution in [-0.4, -0.2) is 24.3 Å². The van der Waals surface area contributed by atoms with Gasteiger partial charge in [-0.2, -0.15) is 0 Å². The number of fused-ring (bicyclic) bond motifs is 1. The van der Waals surface area contributed by atoms with Gasteiger partial charge in [0, 0.05) is 34.1 Å². The number of nitrogens with zero attached hydrogens (tertiary/aromatic N) is 1. The summed E-state index contributed by atoms with van der Waals surface area (Å²) in [5.74, 6) is 0.758. The van der Waals surface area contributed by atoms with E-state index in [1.807, 2.05) is 62.4 Å². The van der Waals surface area contributed by atoms with Gasteiger partial charge in [0.25, 0.3) is 5.91 Å². The van der Waals surface area contributed by atoms with E-state index in [4.69, 9.17) is 16.3 Å². The van der Waals surface area contributed by atoms with Gasteiger partial charge in [-0.25, -0.2) is 0 Å². The van der Waals surface area contributed by atoms with E-state index in [-0.39, 0.29) is 5.91 Å². The summed E-state index contributed by atoms with van der Waals surface area (Å²) in [4.78, 5) is 15.2. The number of amides is 1. The van der Waals surface area contributed by atoms with Crippen molar-refractivity contribution in [2.45, 2.75) is 32.8 Å². The molecule has 4 rings (SSSR count). The Kier molecular flexibility index (Phi) is 6.68. The van der Waals surface area contributed by atoms with Gasteiger partial charge in [-0.05, 0) is 80.3 Å². The molecule has 2 N–H and O–H groups in total. The van der Waals surface area contributed by atoms with Crippen molar-refractivity contribution in [3.05, 3.63) is 87.9 Å². The number of nitrogens with one attached hydrogen (secondary N) is 1. The van der Waals surface area contributed by atoms with Gasteiger partial charge in [-0.3, -0.25) is 4.79 Å². The SMILES string of the molecule is Cc1ccccc1OCNc1ccc(C(=O)N2CCCC(O)c3cc(Cl)ccc32)c(C)c1. The summed E-state index contributed by atoms with van der Waals surface area (Å²) in [6.07, 6.45) is 0.691. The number of carbonyl (C=O) groups excluding carboxylic acids is 1. The number of aliphatic hydroxyl groups is 1. The van der Waals surface area contributed by atoms with Gasteiger partial charge in [0.2, 0.25) is 0 Å². The highest BCUT2D eigenvalue weighted by atomic mass is 35.5. The molecule has 0 spiro atoms. The second-order valence-corrected chi connectivity index (χ2v) is 8.52. The predicted molar refractivity (Wildman–Crippen MR) is 129 cm³/mol. The van der Waals surface area contributed by atoms with Crippen LogP contribution < -0.4 is 15.0 Å². The largest absolute Gasteiger partial charge is 0.473 e. The minimum Gasteiger partial charge on any atom is -0.473 e. The molecule has 1 aliphatic rings. The number of aliphatic hydroxyl groups excluding tert-OH is 1.